The van der Waals surface area contributed by atoms with E-state index in [9.17, 15) is 9.59 Å². The Labute approximate surface area is 186 Å². The summed E-state index contributed by atoms with van der Waals surface area (Å²) in [6.45, 7) is 1.45. The molecule has 0 unspecified atom stereocenters. The van der Waals surface area contributed by atoms with E-state index in [4.69, 9.17) is 5.10 Å². The molecule has 0 aliphatic rings. The molecule has 158 valence electrons. The van der Waals surface area contributed by atoms with Gasteiger partial charge in [-0.2, -0.15) is 5.10 Å². The van der Waals surface area contributed by atoms with Crippen molar-refractivity contribution < 1.29 is 9.59 Å². The van der Waals surface area contributed by atoms with E-state index in [1.54, 1.807) is 35.0 Å². The summed E-state index contributed by atoms with van der Waals surface area (Å²) in [6.07, 6.45) is 5.15. The van der Waals surface area contributed by atoms with Crippen molar-refractivity contribution in [3.05, 3.63) is 103 Å². The summed E-state index contributed by atoms with van der Waals surface area (Å²) in [7, 11) is 0. The monoisotopic (exact) mass is 422 g/mol. The maximum absolute atomic E-state index is 12.5. The van der Waals surface area contributed by atoms with Crippen LogP contribution in [0, 0.1) is 0 Å². The van der Waals surface area contributed by atoms with Crippen LogP contribution in [0.4, 0.5) is 11.4 Å². The zero-order valence-electron chi connectivity index (χ0n) is 17.5. The minimum atomic E-state index is -0.260. The van der Waals surface area contributed by atoms with Crippen LogP contribution in [0.2, 0.25) is 0 Å². The highest BCUT2D eigenvalue weighted by Crippen LogP contribution is 2.24. The van der Waals surface area contributed by atoms with Crippen molar-refractivity contribution in [2.24, 2.45) is 0 Å². The predicted octanol–water partition coefficient (Wildman–Crippen LogP) is 5.15. The highest BCUT2D eigenvalue weighted by atomic mass is 16.2. The van der Waals surface area contributed by atoms with Gasteiger partial charge in [-0.1, -0.05) is 48.5 Å². The van der Waals surface area contributed by atoms with Crippen LogP contribution >= 0.6 is 0 Å². The van der Waals surface area contributed by atoms with Crippen LogP contribution in [0.25, 0.3) is 23.0 Å². The fourth-order valence-corrected chi connectivity index (χ4v) is 3.23. The molecule has 0 atom stereocenters. The fourth-order valence-electron chi connectivity index (χ4n) is 3.23. The van der Waals surface area contributed by atoms with Gasteiger partial charge in [-0.15, -0.1) is 0 Å². The standard InChI is InChI=1S/C26H22N4O2/c1-19(31)27-22-13-15-23(16-14-22)28-25(32)17-12-21-18-30(24-10-6-3-7-11-24)29-26(21)20-8-4-2-5-9-20/h2-18H,1H3,(H,27,31)(H,28,32)/b17-12+. The molecule has 0 saturated heterocycles. The highest BCUT2D eigenvalue weighted by Gasteiger charge is 2.10. The third kappa shape index (κ3) is 5.17. The zero-order chi connectivity index (χ0) is 22.3. The molecular formula is C26H22N4O2. The van der Waals surface area contributed by atoms with Crippen LogP contribution in [0.15, 0.2) is 97.2 Å². The Morgan fingerprint density at radius 1 is 0.812 bits per heavy atom. The lowest BCUT2D eigenvalue weighted by atomic mass is 10.1. The summed E-state index contributed by atoms with van der Waals surface area (Å²) < 4.78 is 1.81. The minimum Gasteiger partial charge on any atom is -0.326 e. The van der Waals surface area contributed by atoms with Gasteiger partial charge in [0.05, 0.1) is 11.4 Å². The van der Waals surface area contributed by atoms with Crippen molar-refractivity contribution in [2.75, 3.05) is 10.6 Å². The third-order valence-corrected chi connectivity index (χ3v) is 4.70. The first kappa shape index (κ1) is 20.8. The third-order valence-electron chi connectivity index (χ3n) is 4.70. The van der Waals surface area contributed by atoms with E-state index in [1.807, 2.05) is 66.9 Å². The quantitative estimate of drug-likeness (QED) is 0.422. The molecule has 0 aliphatic heterocycles. The van der Waals surface area contributed by atoms with Crippen molar-refractivity contribution in [3.8, 4) is 16.9 Å². The van der Waals surface area contributed by atoms with Gasteiger partial charge in [-0.25, -0.2) is 4.68 Å². The van der Waals surface area contributed by atoms with E-state index in [0.29, 0.717) is 11.4 Å². The molecule has 2 amide bonds. The number of para-hydroxylation sites is 1. The summed E-state index contributed by atoms with van der Waals surface area (Å²) >= 11 is 0. The molecule has 0 radical (unpaired) electrons. The van der Waals surface area contributed by atoms with Crippen molar-refractivity contribution in [1.29, 1.82) is 0 Å². The molecule has 2 N–H and O–H groups in total. The summed E-state index contributed by atoms with van der Waals surface area (Å²) in [5.74, 6) is -0.404. The number of benzene rings is 3. The number of aromatic nitrogens is 2. The van der Waals surface area contributed by atoms with Crippen molar-refractivity contribution in [2.45, 2.75) is 6.92 Å². The van der Waals surface area contributed by atoms with E-state index < -0.39 is 0 Å². The summed E-state index contributed by atoms with van der Waals surface area (Å²) in [5.41, 5.74) is 4.84. The molecule has 6 heteroatoms. The van der Waals surface area contributed by atoms with Crippen LogP contribution in [0.1, 0.15) is 12.5 Å². The Balaban J connectivity index is 1.55. The number of carbonyl (C=O) groups is 2. The lowest BCUT2D eigenvalue weighted by Crippen LogP contribution is -2.08. The second-order valence-corrected chi connectivity index (χ2v) is 7.16. The molecule has 6 nitrogen and oxygen atoms in total. The SMILES string of the molecule is CC(=O)Nc1ccc(NC(=O)/C=C/c2cn(-c3ccccc3)nc2-c2ccccc2)cc1. The minimum absolute atomic E-state index is 0.144. The number of amides is 2. The van der Waals surface area contributed by atoms with Crippen LogP contribution in [0.5, 0.6) is 0 Å². The fraction of sp³-hybridized carbons (Fsp3) is 0.0385. The Hall–Kier alpha value is -4.45. The lowest BCUT2D eigenvalue weighted by Gasteiger charge is -2.05. The molecule has 32 heavy (non-hydrogen) atoms. The molecule has 1 heterocycles. The first-order chi connectivity index (χ1) is 15.6. The predicted molar refractivity (Wildman–Crippen MR) is 127 cm³/mol. The molecule has 4 rings (SSSR count). The van der Waals surface area contributed by atoms with Crippen LogP contribution in [-0.2, 0) is 9.59 Å². The summed E-state index contributed by atoms with van der Waals surface area (Å²) in [6, 6.07) is 26.6. The number of rotatable bonds is 6. The Morgan fingerprint density at radius 3 is 2.03 bits per heavy atom. The van der Waals surface area contributed by atoms with E-state index in [2.05, 4.69) is 10.6 Å². The van der Waals surface area contributed by atoms with Gasteiger partial charge in [0, 0.05) is 41.7 Å². The average Bonchev–Trinajstić information content (AvgIpc) is 3.24. The van der Waals surface area contributed by atoms with Crippen molar-refractivity contribution in [3.63, 3.8) is 0 Å². The van der Waals surface area contributed by atoms with Gasteiger partial charge in [-0.3, -0.25) is 9.59 Å². The Kier molecular flexibility index (Phi) is 6.22. The topological polar surface area (TPSA) is 76.0 Å². The molecule has 0 bridgehead atoms. The number of anilines is 2. The van der Waals surface area contributed by atoms with Gasteiger partial charge in [-0.05, 0) is 42.5 Å². The van der Waals surface area contributed by atoms with E-state index in [0.717, 1.165) is 22.5 Å². The lowest BCUT2D eigenvalue weighted by molar-refractivity contribution is -0.114. The zero-order valence-corrected chi connectivity index (χ0v) is 17.5. The maximum atomic E-state index is 12.5. The molecule has 1 aromatic heterocycles. The molecule has 0 saturated carbocycles. The molecule has 4 aromatic rings. The van der Waals surface area contributed by atoms with Gasteiger partial charge in [0.2, 0.25) is 11.8 Å². The summed E-state index contributed by atoms with van der Waals surface area (Å²) in [5, 5.41) is 10.3. The smallest absolute Gasteiger partial charge is 0.248 e. The van der Waals surface area contributed by atoms with Crippen molar-refractivity contribution in [1.82, 2.24) is 9.78 Å². The van der Waals surface area contributed by atoms with E-state index in [1.165, 1.54) is 13.0 Å². The van der Waals surface area contributed by atoms with E-state index >= 15 is 0 Å². The number of nitrogens with zero attached hydrogens (tertiary/aromatic N) is 2. The largest absolute Gasteiger partial charge is 0.326 e. The van der Waals surface area contributed by atoms with Crippen LogP contribution in [0.3, 0.4) is 0 Å². The number of carbonyl (C=O) groups excluding carboxylic acids is 2. The van der Waals surface area contributed by atoms with Gasteiger partial charge in [0.1, 0.15) is 0 Å². The van der Waals surface area contributed by atoms with Gasteiger partial charge in [0.15, 0.2) is 0 Å². The van der Waals surface area contributed by atoms with Gasteiger partial charge in [0.25, 0.3) is 0 Å². The Bertz CT molecular complexity index is 1240. The molecule has 3 aromatic carbocycles. The first-order valence-corrected chi connectivity index (χ1v) is 10.2. The maximum Gasteiger partial charge on any atom is 0.248 e. The van der Waals surface area contributed by atoms with Crippen molar-refractivity contribution >= 4 is 29.3 Å². The Morgan fingerprint density at radius 2 is 1.41 bits per heavy atom. The van der Waals surface area contributed by atoms with Gasteiger partial charge >= 0.3 is 0 Å². The normalized spacial score (nSPS) is 10.8. The first-order valence-electron chi connectivity index (χ1n) is 10.2. The molecule has 0 fully saturated rings. The number of nitrogens with one attached hydrogen (secondary N) is 2. The average molecular weight is 422 g/mol. The number of hydrogen-bond acceptors (Lipinski definition) is 3. The second-order valence-electron chi connectivity index (χ2n) is 7.16. The molecule has 0 aliphatic carbocycles. The van der Waals surface area contributed by atoms with Gasteiger partial charge < -0.3 is 10.6 Å². The van der Waals surface area contributed by atoms with Crippen LogP contribution in [-0.4, -0.2) is 21.6 Å². The number of hydrogen-bond donors (Lipinski definition) is 2. The van der Waals surface area contributed by atoms with E-state index in [-0.39, 0.29) is 11.8 Å². The van der Waals surface area contributed by atoms with Crippen LogP contribution < -0.4 is 10.6 Å². The summed E-state index contributed by atoms with van der Waals surface area (Å²) in [4.78, 5) is 23.6. The highest BCUT2D eigenvalue weighted by molar-refractivity contribution is 6.02. The molecular weight excluding hydrogens is 400 g/mol. The second kappa shape index (κ2) is 9.57. The molecule has 0 spiro atoms.